The second kappa shape index (κ2) is 14.3. The van der Waals surface area contributed by atoms with Crippen molar-refractivity contribution in [2.24, 2.45) is 11.8 Å². The van der Waals surface area contributed by atoms with Crippen LogP contribution < -0.4 is 5.32 Å². The SMILES string of the molecule is O=C1CC/C=C\CN(Cn2nnc3ccccc32)C(=O)[C@@H]2N([C@H](CO)c3ccccc3)C(=O)[C@H]3[C@H](C(=O)N[C@H](c4ccccc4)CO1)[C@H]1O[C@@]23C=C1Br. The van der Waals surface area contributed by atoms with Crippen LogP contribution in [0.1, 0.15) is 36.1 Å². The van der Waals surface area contributed by atoms with Crippen molar-refractivity contribution in [3.8, 4) is 0 Å². The molecule has 0 saturated carbocycles. The maximum absolute atomic E-state index is 15.3. The number of aliphatic hydroxyl groups excluding tert-OH is 1. The van der Waals surface area contributed by atoms with E-state index in [4.69, 9.17) is 9.47 Å². The van der Waals surface area contributed by atoms with E-state index >= 15 is 9.59 Å². The molecule has 14 heteroatoms. The summed E-state index contributed by atoms with van der Waals surface area (Å²) in [7, 11) is 0. The molecule has 0 unspecified atom stereocenters. The normalized spacial score (nSPS) is 28.8. The highest BCUT2D eigenvalue weighted by Gasteiger charge is 2.75. The minimum atomic E-state index is -1.56. The molecular formula is C39H37BrN6O7. The number of hydrogen-bond acceptors (Lipinski definition) is 9. The number of halogens is 1. The molecule has 0 radical (unpaired) electrons. The van der Waals surface area contributed by atoms with E-state index in [1.165, 1.54) is 4.90 Å². The molecular weight excluding hydrogens is 744 g/mol. The van der Waals surface area contributed by atoms with Crippen LogP contribution in [0.2, 0.25) is 0 Å². The van der Waals surface area contributed by atoms with Crippen molar-refractivity contribution in [2.45, 2.75) is 49.3 Å². The van der Waals surface area contributed by atoms with Crippen molar-refractivity contribution in [3.05, 3.63) is 119 Å². The molecule has 4 aliphatic rings. The monoisotopic (exact) mass is 780 g/mol. The Morgan fingerprint density at radius 3 is 2.45 bits per heavy atom. The van der Waals surface area contributed by atoms with E-state index in [9.17, 15) is 14.7 Å². The summed E-state index contributed by atoms with van der Waals surface area (Å²) in [6, 6.07) is 22.6. The zero-order valence-electron chi connectivity index (χ0n) is 28.5. The fourth-order valence-electron chi connectivity index (χ4n) is 8.12. The number of nitrogens with one attached hydrogen (secondary N) is 1. The molecule has 2 saturated heterocycles. The van der Waals surface area contributed by atoms with Crippen LogP contribution in [0, 0.1) is 11.8 Å². The Labute approximate surface area is 313 Å². The lowest BCUT2D eigenvalue weighted by Crippen LogP contribution is -2.57. The summed E-state index contributed by atoms with van der Waals surface area (Å²) in [5.74, 6) is -4.05. The van der Waals surface area contributed by atoms with Crippen molar-refractivity contribution >= 4 is 50.7 Å². The highest BCUT2D eigenvalue weighted by molar-refractivity contribution is 9.11. The number of aliphatic hydroxyl groups is 1. The van der Waals surface area contributed by atoms with Crippen molar-refractivity contribution in [1.82, 2.24) is 30.1 Å². The summed E-state index contributed by atoms with van der Waals surface area (Å²) in [4.78, 5) is 60.7. The Hall–Kier alpha value is -5.18. The summed E-state index contributed by atoms with van der Waals surface area (Å²) in [5, 5.41) is 22.6. The van der Waals surface area contributed by atoms with Crippen molar-refractivity contribution in [3.63, 3.8) is 0 Å². The first kappa shape index (κ1) is 34.9. The predicted octanol–water partition coefficient (Wildman–Crippen LogP) is 3.57. The standard InChI is InChI=1S/C39H37BrN6O7/c40-26-20-39-33-32(34(26)53-39)36(49)41-28(24-12-4-1-5-13-24)22-52-31(48)18-8-3-11-19-44(23-45-29-17-10-9-16-27(29)42-43-45)38(51)35(39)46(37(33)50)30(21-47)25-14-6-2-7-15-25/h1-7,9-17,20,28,30,32-35,47H,8,18-19,21-23H2,(H,41,49)/b11-3-/t28-,30+,32-,33+,34-,35-,39+/m0/s1. The predicted molar refractivity (Wildman–Crippen MR) is 194 cm³/mol. The molecule has 2 fully saturated rings. The van der Waals surface area contributed by atoms with Gasteiger partial charge >= 0.3 is 5.97 Å². The number of aromatic nitrogens is 3. The summed E-state index contributed by atoms with van der Waals surface area (Å²) in [6.07, 6.45) is 4.91. The molecule has 3 amide bonds. The van der Waals surface area contributed by atoms with Gasteiger partial charge in [0.25, 0.3) is 5.91 Å². The number of esters is 1. The number of nitrogens with zero attached hydrogens (tertiary/aromatic N) is 5. The summed E-state index contributed by atoms with van der Waals surface area (Å²) in [6.45, 7) is -0.546. The minimum Gasteiger partial charge on any atom is -0.463 e. The fourth-order valence-corrected chi connectivity index (χ4v) is 8.85. The lowest BCUT2D eigenvalue weighted by atomic mass is 9.74. The molecule has 5 bridgehead atoms. The highest BCUT2D eigenvalue weighted by Crippen LogP contribution is 2.60. The van der Waals surface area contributed by atoms with E-state index in [0.29, 0.717) is 33.1 Å². The highest BCUT2D eigenvalue weighted by atomic mass is 79.9. The first-order valence-corrected chi connectivity index (χ1v) is 18.4. The molecule has 7 atom stereocenters. The quantitative estimate of drug-likeness (QED) is 0.221. The van der Waals surface area contributed by atoms with Crippen LogP contribution in [0.25, 0.3) is 11.0 Å². The van der Waals surface area contributed by atoms with Gasteiger partial charge in [0.15, 0.2) is 0 Å². The molecule has 1 aromatic heterocycles. The number of likely N-dealkylation sites (tertiary alicyclic amines) is 1. The zero-order chi connectivity index (χ0) is 36.7. The lowest BCUT2D eigenvalue weighted by molar-refractivity contribution is -0.152. The van der Waals surface area contributed by atoms with E-state index in [2.05, 4.69) is 31.6 Å². The Morgan fingerprint density at radius 1 is 0.943 bits per heavy atom. The van der Waals surface area contributed by atoms with E-state index < -0.39 is 72.0 Å². The Kier molecular flexibility index (Phi) is 9.43. The van der Waals surface area contributed by atoms with Gasteiger partial charge in [-0.3, -0.25) is 19.2 Å². The number of allylic oxidation sites excluding steroid dienone is 1. The number of carbonyl (C=O) groups excluding carboxylic acids is 4. The fraction of sp³-hybridized carbons (Fsp3) is 0.333. The van der Waals surface area contributed by atoms with Gasteiger partial charge in [0.1, 0.15) is 36.5 Å². The summed E-state index contributed by atoms with van der Waals surface area (Å²) in [5.41, 5.74) is 1.13. The third-order valence-electron chi connectivity index (χ3n) is 10.6. The molecule has 53 heavy (non-hydrogen) atoms. The number of benzene rings is 3. The third-order valence-corrected chi connectivity index (χ3v) is 11.2. The van der Waals surface area contributed by atoms with Crippen LogP contribution in [0.3, 0.4) is 0 Å². The Morgan fingerprint density at radius 2 is 1.68 bits per heavy atom. The molecule has 1 spiro atoms. The Bertz CT molecular complexity index is 2110. The lowest BCUT2D eigenvalue weighted by Gasteiger charge is -2.38. The average Bonchev–Trinajstić information content (AvgIpc) is 3.90. The number of ether oxygens (including phenoxy) is 2. The van der Waals surface area contributed by atoms with Gasteiger partial charge in [-0.1, -0.05) is 106 Å². The first-order chi connectivity index (χ1) is 25.8. The van der Waals surface area contributed by atoms with Crippen molar-refractivity contribution < 1.29 is 33.8 Å². The van der Waals surface area contributed by atoms with Crippen LogP contribution in [0.5, 0.6) is 0 Å². The van der Waals surface area contributed by atoms with Gasteiger partial charge in [0, 0.05) is 17.4 Å². The van der Waals surface area contributed by atoms with Gasteiger partial charge in [-0.05, 0) is 35.8 Å². The second-order valence-electron chi connectivity index (χ2n) is 13.6. The molecule has 5 heterocycles. The number of carbonyl (C=O) groups is 4. The number of amides is 3. The number of fused-ring (bicyclic) bond motifs is 3. The van der Waals surface area contributed by atoms with Gasteiger partial charge in [0.2, 0.25) is 11.8 Å². The average molecular weight is 782 g/mol. The van der Waals surface area contributed by atoms with Gasteiger partial charge in [-0.25, -0.2) is 4.68 Å². The smallest absolute Gasteiger partial charge is 0.306 e. The van der Waals surface area contributed by atoms with Gasteiger partial charge in [-0.15, -0.1) is 5.10 Å². The topological polar surface area (TPSA) is 156 Å². The summed E-state index contributed by atoms with van der Waals surface area (Å²) >= 11 is 3.62. The van der Waals surface area contributed by atoms with Gasteiger partial charge in [0.05, 0.1) is 36.0 Å². The van der Waals surface area contributed by atoms with E-state index in [-0.39, 0.29) is 26.2 Å². The van der Waals surface area contributed by atoms with Crippen molar-refractivity contribution in [2.75, 3.05) is 19.8 Å². The molecule has 4 aromatic rings. The van der Waals surface area contributed by atoms with Crippen LogP contribution in [-0.2, 0) is 35.3 Å². The van der Waals surface area contributed by atoms with Crippen LogP contribution in [-0.4, -0.2) is 91.1 Å². The molecule has 8 rings (SSSR count). The number of para-hydroxylation sites is 1. The minimum absolute atomic E-state index is 0.0306. The third kappa shape index (κ3) is 6.13. The Balaban J connectivity index is 1.25. The van der Waals surface area contributed by atoms with Gasteiger partial charge in [-0.2, -0.15) is 0 Å². The second-order valence-corrected chi connectivity index (χ2v) is 14.5. The molecule has 272 valence electrons. The van der Waals surface area contributed by atoms with E-state index in [1.54, 1.807) is 52.1 Å². The van der Waals surface area contributed by atoms with Gasteiger partial charge < -0.3 is 29.7 Å². The number of cyclic esters (lactones) is 1. The largest absolute Gasteiger partial charge is 0.463 e. The summed E-state index contributed by atoms with van der Waals surface area (Å²) < 4.78 is 14.5. The van der Waals surface area contributed by atoms with Crippen molar-refractivity contribution in [1.29, 1.82) is 0 Å². The van der Waals surface area contributed by atoms with Crippen LogP contribution >= 0.6 is 15.9 Å². The van der Waals surface area contributed by atoms with Crippen LogP contribution in [0.4, 0.5) is 0 Å². The van der Waals surface area contributed by atoms with Crippen LogP contribution in [0.15, 0.2) is 108 Å². The van der Waals surface area contributed by atoms with E-state index in [0.717, 1.165) is 0 Å². The van der Waals surface area contributed by atoms with E-state index in [1.807, 2.05) is 60.7 Å². The zero-order valence-corrected chi connectivity index (χ0v) is 30.1. The molecule has 4 aliphatic heterocycles. The molecule has 3 aromatic carbocycles. The molecule has 0 aliphatic carbocycles. The molecule has 2 N–H and O–H groups in total. The maximum atomic E-state index is 15.3. The molecule has 13 nitrogen and oxygen atoms in total. The first-order valence-electron chi connectivity index (χ1n) is 17.6. The number of hydrogen-bond donors (Lipinski definition) is 2. The maximum Gasteiger partial charge on any atom is 0.306 e. The number of rotatable bonds is 6.